The van der Waals surface area contributed by atoms with Gasteiger partial charge in [0.25, 0.3) is 0 Å². The Kier molecular flexibility index (Phi) is 5.04. The van der Waals surface area contributed by atoms with Gasteiger partial charge in [-0.15, -0.1) is 6.58 Å². The van der Waals surface area contributed by atoms with Crippen molar-refractivity contribution in [1.29, 1.82) is 0 Å². The third kappa shape index (κ3) is 3.79. The van der Waals surface area contributed by atoms with E-state index in [-0.39, 0.29) is 6.04 Å². The van der Waals surface area contributed by atoms with Crippen molar-refractivity contribution >= 4 is 0 Å². The third-order valence-corrected chi connectivity index (χ3v) is 2.48. The molecule has 1 atom stereocenters. The fourth-order valence-corrected chi connectivity index (χ4v) is 1.68. The molecule has 0 fully saturated rings. The first kappa shape index (κ1) is 13.6. The minimum absolute atomic E-state index is 0.0444. The molecule has 0 aliphatic heterocycles. The molecule has 0 saturated heterocycles. The van der Waals surface area contributed by atoms with Crippen LogP contribution in [0.15, 0.2) is 30.4 Å². The number of nitrogens with two attached hydrogens (primary N) is 1. The molecule has 0 aromatic heterocycles. The molecule has 0 radical (unpaired) electrons. The molecule has 3 heteroatoms. The summed E-state index contributed by atoms with van der Waals surface area (Å²) in [7, 11) is 1.63. The number of ether oxygens (including phenoxy) is 2. The lowest BCUT2D eigenvalue weighted by Crippen LogP contribution is -2.10. The molecule has 0 unspecified atom stereocenters. The number of hydrogen-bond acceptors (Lipinski definition) is 3. The van der Waals surface area contributed by atoms with Crippen LogP contribution in [0.25, 0.3) is 0 Å². The van der Waals surface area contributed by atoms with E-state index < -0.39 is 0 Å². The molecule has 0 saturated carbocycles. The summed E-state index contributed by atoms with van der Waals surface area (Å²) in [4.78, 5) is 0. The van der Waals surface area contributed by atoms with Crippen LogP contribution >= 0.6 is 0 Å². The second-order valence-corrected chi connectivity index (χ2v) is 4.11. The zero-order valence-corrected chi connectivity index (χ0v) is 10.8. The molecule has 2 N–H and O–H groups in total. The molecular formula is C14H21NO2. The van der Waals surface area contributed by atoms with Gasteiger partial charge in [0.05, 0.1) is 13.7 Å². The van der Waals surface area contributed by atoms with Crippen molar-refractivity contribution < 1.29 is 9.47 Å². The van der Waals surface area contributed by atoms with Gasteiger partial charge in [-0.3, -0.25) is 0 Å². The quantitative estimate of drug-likeness (QED) is 0.771. The standard InChI is InChI=1S/C14H21NO2/c1-5-17-13-7-6-11(9-14(13)16-4)12(15)8-10(2)3/h6-7,9,12H,2,5,8,15H2,1,3-4H3/t12-/m0/s1. The van der Waals surface area contributed by atoms with Gasteiger partial charge in [-0.25, -0.2) is 0 Å². The van der Waals surface area contributed by atoms with Gasteiger partial charge >= 0.3 is 0 Å². The molecular weight excluding hydrogens is 214 g/mol. The number of hydrogen-bond donors (Lipinski definition) is 1. The molecule has 0 aliphatic rings. The van der Waals surface area contributed by atoms with Crippen LogP contribution in [-0.4, -0.2) is 13.7 Å². The van der Waals surface area contributed by atoms with Gasteiger partial charge in [0.1, 0.15) is 0 Å². The molecule has 0 bridgehead atoms. The minimum atomic E-state index is -0.0444. The molecule has 0 spiro atoms. The second kappa shape index (κ2) is 6.30. The van der Waals surface area contributed by atoms with E-state index >= 15 is 0 Å². The highest BCUT2D eigenvalue weighted by Gasteiger charge is 2.10. The van der Waals surface area contributed by atoms with E-state index in [0.29, 0.717) is 6.61 Å². The van der Waals surface area contributed by atoms with Crippen LogP contribution in [0.4, 0.5) is 0 Å². The van der Waals surface area contributed by atoms with Crippen molar-refractivity contribution in [3.63, 3.8) is 0 Å². The predicted octanol–water partition coefficient (Wildman–Crippen LogP) is 3.06. The Morgan fingerprint density at radius 2 is 2.12 bits per heavy atom. The van der Waals surface area contributed by atoms with Crippen LogP contribution < -0.4 is 15.2 Å². The molecule has 0 heterocycles. The van der Waals surface area contributed by atoms with Crippen molar-refractivity contribution in [2.45, 2.75) is 26.3 Å². The first-order valence-electron chi connectivity index (χ1n) is 5.79. The van der Waals surface area contributed by atoms with Crippen LogP contribution in [0, 0.1) is 0 Å². The van der Waals surface area contributed by atoms with E-state index in [2.05, 4.69) is 6.58 Å². The van der Waals surface area contributed by atoms with Crippen molar-refractivity contribution in [3.05, 3.63) is 35.9 Å². The Morgan fingerprint density at radius 1 is 1.41 bits per heavy atom. The average molecular weight is 235 g/mol. The maximum absolute atomic E-state index is 6.09. The SMILES string of the molecule is C=C(C)C[C@H](N)c1ccc(OCC)c(OC)c1. The molecule has 94 valence electrons. The number of methoxy groups -OCH3 is 1. The number of benzene rings is 1. The van der Waals surface area contributed by atoms with E-state index in [1.807, 2.05) is 32.0 Å². The van der Waals surface area contributed by atoms with E-state index in [1.165, 1.54) is 0 Å². The van der Waals surface area contributed by atoms with E-state index in [0.717, 1.165) is 29.1 Å². The number of rotatable bonds is 6. The Morgan fingerprint density at radius 3 is 2.65 bits per heavy atom. The van der Waals surface area contributed by atoms with Crippen molar-refractivity contribution in [2.75, 3.05) is 13.7 Å². The summed E-state index contributed by atoms with van der Waals surface area (Å²) in [5, 5.41) is 0. The van der Waals surface area contributed by atoms with Gasteiger partial charge in [-0.2, -0.15) is 0 Å². The van der Waals surface area contributed by atoms with Gasteiger partial charge in [-0.05, 0) is 38.0 Å². The van der Waals surface area contributed by atoms with Crippen molar-refractivity contribution in [3.8, 4) is 11.5 Å². The summed E-state index contributed by atoms with van der Waals surface area (Å²) in [6.07, 6.45) is 0.775. The summed E-state index contributed by atoms with van der Waals surface area (Å²) in [6, 6.07) is 5.76. The molecule has 0 aliphatic carbocycles. The van der Waals surface area contributed by atoms with E-state index in [4.69, 9.17) is 15.2 Å². The van der Waals surface area contributed by atoms with Crippen LogP contribution in [-0.2, 0) is 0 Å². The molecule has 1 rings (SSSR count). The van der Waals surface area contributed by atoms with Gasteiger partial charge < -0.3 is 15.2 Å². The summed E-state index contributed by atoms with van der Waals surface area (Å²) in [5.41, 5.74) is 8.20. The average Bonchev–Trinajstić information content (AvgIpc) is 2.29. The Hall–Kier alpha value is -1.48. The lowest BCUT2D eigenvalue weighted by atomic mass is 10.0. The summed E-state index contributed by atoms with van der Waals surface area (Å²) < 4.78 is 10.8. The Bertz CT molecular complexity index is 388. The predicted molar refractivity (Wildman–Crippen MR) is 70.5 cm³/mol. The van der Waals surface area contributed by atoms with Crippen molar-refractivity contribution in [2.24, 2.45) is 5.73 Å². The van der Waals surface area contributed by atoms with Gasteiger partial charge in [0.2, 0.25) is 0 Å². The third-order valence-electron chi connectivity index (χ3n) is 2.48. The van der Waals surface area contributed by atoms with Gasteiger partial charge in [0.15, 0.2) is 11.5 Å². The van der Waals surface area contributed by atoms with Crippen LogP contribution in [0.2, 0.25) is 0 Å². The maximum atomic E-state index is 6.09. The van der Waals surface area contributed by atoms with Gasteiger partial charge in [0, 0.05) is 6.04 Å². The second-order valence-electron chi connectivity index (χ2n) is 4.11. The Balaban J connectivity index is 2.92. The first-order valence-corrected chi connectivity index (χ1v) is 5.79. The lowest BCUT2D eigenvalue weighted by Gasteiger charge is -2.15. The highest BCUT2D eigenvalue weighted by atomic mass is 16.5. The highest BCUT2D eigenvalue weighted by Crippen LogP contribution is 2.31. The van der Waals surface area contributed by atoms with E-state index in [1.54, 1.807) is 7.11 Å². The molecule has 1 aromatic rings. The molecule has 1 aromatic carbocycles. The van der Waals surface area contributed by atoms with Crippen molar-refractivity contribution in [1.82, 2.24) is 0 Å². The smallest absolute Gasteiger partial charge is 0.161 e. The van der Waals surface area contributed by atoms with Gasteiger partial charge in [-0.1, -0.05) is 11.6 Å². The first-order chi connectivity index (χ1) is 8.08. The summed E-state index contributed by atoms with van der Waals surface area (Å²) in [6.45, 7) is 8.42. The minimum Gasteiger partial charge on any atom is -0.493 e. The topological polar surface area (TPSA) is 44.5 Å². The Labute approximate surface area is 103 Å². The van der Waals surface area contributed by atoms with Crippen LogP contribution in [0.5, 0.6) is 11.5 Å². The molecule has 17 heavy (non-hydrogen) atoms. The molecule has 3 nitrogen and oxygen atoms in total. The van der Waals surface area contributed by atoms with Crippen LogP contribution in [0.3, 0.4) is 0 Å². The highest BCUT2D eigenvalue weighted by molar-refractivity contribution is 5.44. The molecule has 0 amide bonds. The maximum Gasteiger partial charge on any atom is 0.161 e. The monoisotopic (exact) mass is 235 g/mol. The van der Waals surface area contributed by atoms with E-state index in [9.17, 15) is 0 Å². The fraction of sp³-hybridized carbons (Fsp3) is 0.429. The normalized spacial score (nSPS) is 12.0. The largest absolute Gasteiger partial charge is 0.493 e. The zero-order valence-electron chi connectivity index (χ0n) is 10.8. The fourth-order valence-electron chi connectivity index (χ4n) is 1.68. The summed E-state index contributed by atoms with van der Waals surface area (Å²) >= 11 is 0. The lowest BCUT2D eigenvalue weighted by molar-refractivity contribution is 0.310. The summed E-state index contributed by atoms with van der Waals surface area (Å²) in [5.74, 6) is 1.47. The van der Waals surface area contributed by atoms with Crippen LogP contribution in [0.1, 0.15) is 31.9 Å². The zero-order chi connectivity index (χ0) is 12.8.